The molecule has 1 aromatic carbocycles. The lowest BCUT2D eigenvalue weighted by atomic mass is 10.1. The number of amides is 1. The molecule has 7 nitrogen and oxygen atoms in total. The van der Waals surface area contributed by atoms with Crippen LogP contribution in [0.4, 0.5) is 5.95 Å². The highest BCUT2D eigenvalue weighted by Crippen LogP contribution is 2.12. The Morgan fingerprint density at radius 1 is 1.07 bits per heavy atom. The summed E-state index contributed by atoms with van der Waals surface area (Å²) in [6, 6.07) is 9.47. The zero-order chi connectivity index (χ0) is 19.2. The first-order valence-corrected chi connectivity index (χ1v) is 9.08. The number of piperazine rings is 1. The highest BCUT2D eigenvalue weighted by Gasteiger charge is 2.27. The van der Waals surface area contributed by atoms with E-state index in [1.54, 1.807) is 30.3 Å². The Morgan fingerprint density at radius 2 is 1.70 bits per heavy atom. The molecular weight excluding hydrogens is 344 g/mol. The van der Waals surface area contributed by atoms with Gasteiger partial charge in [0.05, 0.1) is 6.42 Å². The first-order chi connectivity index (χ1) is 13.0. The molecule has 1 aliphatic rings. The van der Waals surface area contributed by atoms with Gasteiger partial charge >= 0.3 is 5.97 Å². The van der Waals surface area contributed by atoms with Gasteiger partial charge in [-0.2, -0.15) is 0 Å². The number of rotatable bonds is 5. The summed E-state index contributed by atoms with van der Waals surface area (Å²) >= 11 is 0. The van der Waals surface area contributed by atoms with Gasteiger partial charge < -0.3 is 14.5 Å². The molecule has 3 rings (SSSR count). The normalized spacial score (nSPS) is 15.3. The summed E-state index contributed by atoms with van der Waals surface area (Å²) in [5, 5.41) is 0. The molecule has 1 fully saturated rings. The molecule has 1 atom stereocenters. The van der Waals surface area contributed by atoms with Crippen LogP contribution < -0.4 is 4.90 Å². The summed E-state index contributed by atoms with van der Waals surface area (Å²) in [4.78, 5) is 36.9. The second kappa shape index (κ2) is 8.62. The topological polar surface area (TPSA) is 75.6 Å². The van der Waals surface area contributed by atoms with E-state index in [-0.39, 0.29) is 12.3 Å². The Hall–Kier alpha value is -2.96. The van der Waals surface area contributed by atoms with Crippen molar-refractivity contribution in [2.24, 2.45) is 0 Å². The summed E-state index contributed by atoms with van der Waals surface area (Å²) in [5.41, 5.74) is 2.01. The van der Waals surface area contributed by atoms with Crippen molar-refractivity contribution in [3.63, 3.8) is 0 Å². The van der Waals surface area contributed by atoms with Crippen LogP contribution in [0, 0.1) is 6.92 Å². The molecular formula is C20H24N4O3. The SMILES string of the molecule is Cc1ccc(CC(=O)OC(C)C(=O)N2CCN(c3ncccn3)CC2)cc1. The van der Waals surface area contributed by atoms with E-state index in [9.17, 15) is 9.59 Å². The average molecular weight is 368 g/mol. The Labute approximate surface area is 159 Å². The van der Waals surface area contributed by atoms with Crippen molar-refractivity contribution >= 4 is 17.8 Å². The number of aryl methyl sites for hydroxylation is 1. The number of benzene rings is 1. The number of hydrogen-bond donors (Lipinski definition) is 0. The van der Waals surface area contributed by atoms with E-state index >= 15 is 0 Å². The van der Waals surface area contributed by atoms with Crippen LogP contribution in [0.2, 0.25) is 0 Å². The molecule has 7 heteroatoms. The van der Waals surface area contributed by atoms with Gasteiger partial charge in [0, 0.05) is 38.6 Å². The maximum atomic E-state index is 12.6. The van der Waals surface area contributed by atoms with Crippen LogP contribution in [0.3, 0.4) is 0 Å². The molecule has 1 aliphatic heterocycles. The summed E-state index contributed by atoms with van der Waals surface area (Å²) < 4.78 is 5.34. The molecule has 1 amide bonds. The van der Waals surface area contributed by atoms with Crippen LogP contribution >= 0.6 is 0 Å². The molecule has 0 bridgehead atoms. The lowest BCUT2D eigenvalue weighted by Crippen LogP contribution is -2.52. The number of aromatic nitrogens is 2. The van der Waals surface area contributed by atoms with Gasteiger partial charge in [0.2, 0.25) is 5.95 Å². The molecule has 1 unspecified atom stereocenters. The second-order valence-corrected chi connectivity index (χ2v) is 6.66. The molecule has 0 spiro atoms. The van der Waals surface area contributed by atoms with Crippen molar-refractivity contribution in [3.05, 3.63) is 53.9 Å². The Kier molecular flexibility index (Phi) is 6.01. The van der Waals surface area contributed by atoms with Gasteiger partial charge in [-0.15, -0.1) is 0 Å². The van der Waals surface area contributed by atoms with Gasteiger partial charge in [-0.25, -0.2) is 9.97 Å². The first kappa shape index (κ1) is 18.8. The summed E-state index contributed by atoms with van der Waals surface area (Å²) in [7, 11) is 0. The van der Waals surface area contributed by atoms with Crippen molar-refractivity contribution in [2.45, 2.75) is 26.4 Å². The lowest BCUT2D eigenvalue weighted by Gasteiger charge is -2.35. The van der Waals surface area contributed by atoms with Crippen LogP contribution in [0.1, 0.15) is 18.1 Å². The predicted molar refractivity (Wildman–Crippen MR) is 101 cm³/mol. The molecule has 0 aliphatic carbocycles. The number of carbonyl (C=O) groups excluding carboxylic acids is 2. The third-order valence-corrected chi connectivity index (χ3v) is 4.55. The molecule has 142 valence electrons. The van der Waals surface area contributed by atoms with Gasteiger partial charge in [-0.1, -0.05) is 29.8 Å². The smallest absolute Gasteiger partial charge is 0.311 e. The highest BCUT2D eigenvalue weighted by molar-refractivity contribution is 5.84. The van der Waals surface area contributed by atoms with E-state index in [2.05, 4.69) is 9.97 Å². The number of ether oxygens (including phenoxy) is 1. The van der Waals surface area contributed by atoms with E-state index < -0.39 is 12.1 Å². The van der Waals surface area contributed by atoms with Crippen molar-refractivity contribution in [2.75, 3.05) is 31.1 Å². The standard InChI is InChI=1S/C20H24N4O3/c1-15-4-6-17(7-5-15)14-18(25)27-16(2)19(26)23-10-12-24(13-11-23)20-21-8-3-9-22-20/h3-9,16H,10-14H2,1-2H3. The number of nitrogens with zero attached hydrogens (tertiary/aromatic N) is 4. The average Bonchev–Trinajstić information content (AvgIpc) is 2.70. The molecule has 1 saturated heterocycles. The van der Waals surface area contributed by atoms with Gasteiger partial charge in [0.25, 0.3) is 5.91 Å². The van der Waals surface area contributed by atoms with Gasteiger partial charge in [-0.3, -0.25) is 9.59 Å². The fourth-order valence-electron chi connectivity index (χ4n) is 3.00. The molecule has 27 heavy (non-hydrogen) atoms. The Morgan fingerprint density at radius 3 is 2.33 bits per heavy atom. The Bertz CT molecular complexity index is 772. The largest absolute Gasteiger partial charge is 0.452 e. The van der Waals surface area contributed by atoms with E-state index in [0.717, 1.165) is 11.1 Å². The second-order valence-electron chi connectivity index (χ2n) is 6.66. The first-order valence-electron chi connectivity index (χ1n) is 9.08. The zero-order valence-electron chi connectivity index (χ0n) is 15.7. The number of carbonyl (C=O) groups is 2. The fourth-order valence-corrected chi connectivity index (χ4v) is 3.00. The van der Waals surface area contributed by atoms with Crippen molar-refractivity contribution in [1.82, 2.24) is 14.9 Å². The van der Waals surface area contributed by atoms with Crippen molar-refractivity contribution < 1.29 is 14.3 Å². The minimum Gasteiger partial charge on any atom is -0.452 e. The molecule has 1 aromatic heterocycles. The van der Waals surface area contributed by atoms with Gasteiger partial charge in [-0.05, 0) is 25.5 Å². The van der Waals surface area contributed by atoms with E-state index in [4.69, 9.17) is 4.74 Å². The quantitative estimate of drug-likeness (QED) is 0.747. The Balaban J connectivity index is 1.47. The van der Waals surface area contributed by atoms with Crippen molar-refractivity contribution in [3.8, 4) is 0 Å². The fraction of sp³-hybridized carbons (Fsp3) is 0.400. The monoisotopic (exact) mass is 368 g/mol. The maximum absolute atomic E-state index is 12.6. The van der Waals surface area contributed by atoms with Crippen LogP contribution in [0.15, 0.2) is 42.7 Å². The van der Waals surface area contributed by atoms with E-state index in [0.29, 0.717) is 32.1 Å². The van der Waals surface area contributed by atoms with Crippen LogP contribution in [-0.2, 0) is 20.7 Å². The zero-order valence-corrected chi connectivity index (χ0v) is 15.7. The number of anilines is 1. The summed E-state index contributed by atoms with van der Waals surface area (Å²) in [6.07, 6.45) is 2.78. The summed E-state index contributed by atoms with van der Waals surface area (Å²) in [6.45, 7) is 6.03. The van der Waals surface area contributed by atoms with Gasteiger partial charge in [0.1, 0.15) is 0 Å². The van der Waals surface area contributed by atoms with E-state index in [1.807, 2.05) is 36.1 Å². The molecule has 2 aromatic rings. The lowest BCUT2D eigenvalue weighted by molar-refractivity contribution is -0.158. The minimum atomic E-state index is -0.789. The van der Waals surface area contributed by atoms with Crippen LogP contribution in [-0.4, -0.2) is 59.0 Å². The molecule has 2 heterocycles. The highest BCUT2D eigenvalue weighted by atomic mass is 16.5. The minimum absolute atomic E-state index is 0.164. The number of hydrogen-bond acceptors (Lipinski definition) is 6. The molecule has 0 N–H and O–H groups in total. The van der Waals surface area contributed by atoms with Crippen LogP contribution in [0.5, 0.6) is 0 Å². The molecule has 0 radical (unpaired) electrons. The van der Waals surface area contributed by atoms with Crippen molar-refractivity contribution in [1.29, 1.82) is 0 Å². The van der Waals surface area contributed by atoms with E-state index in [1.165, 1.54) is 0 Å². The summed E-state index contributed by atoms with van der Waals surface area (Å²) in [5.74, 6) is 0.110. The third kappa shape index (κ3) is 5.03. The molecule has 0 saturated carbocycles. The predicted octanol–water partition coefficient (Wildman–Crippen LogP) is 1.61. The van der Waals surface area contributed by atoms with Crippen LogP contribution in [0.25, 0.3) is 0 Å². The third-order valence-electron chi connectivity index (χ3n) is 4.55. The number of esters is 1. The maximum Gasteiger partial charge on any atom is 0.311 e. The van der Waals surface area contributed by atoms with Gasteiger partial charge in [0.15, 0.2) is 6.10 Å².